The zero-order valence-corrected chi connectivity index (χ0v) is 16.8. The molecule has 2 aromatic carbocycles. The molecule has 0 spiro atoms. The second-order valence-corrected chi connectivity index (χ2v) is 6.18. The maximum atomic E-state index is 5.40. The first-order chi connectivity index (χ1) is 13.4. The Bertz CT molecular complexity index is 912. The van der Waals surface area contributed by atoms with Crippen molar-refractivity contribution in [1.29, 1.82) is 0 Å². The van der Waals surface area contributed by atoms with Crippen molar-refractivity contribution in [1.82, 2.24) is 5.32 Å². The van der Waals surface area contributed by atoms with Crippen LogP contribution in [0.2, 0.25) is 0 Å². The van der Waals surface area contributed by atoms with Crippen LogP contribution in [0.25, 0.3) is 0 Å². The first kappa shape index (κ1) is 20.8. The number of benzene rings is 2. The molecule has 146 valence electrons. The minimum atomic E-state index is -0.0860. The monoisotopic (exact) mass is 396 g/mol. The summed E-state index contributed by atoms with van der Waals surface area (Å²) in [4.78, 5) is 4.18. The lowest BCUT2D eigenvalue weighted by molar-refractivity contribution is 1.15. The topological polar surface area (TPSA) is 125 Å². The van der Waals surface area contributed by atoms with Crippen LogP contribution >= 0.6 is 12.2 Å². The summed E-state index contributed by atoms with van der Waals surface area (Å²) in [5, 5.41) is 17.5. The summed E-state index contributed by atoms with van der Waals surface area (Å²) in [6.45, 7) is 1.82. The van der Waals surface area contributed by atoms with Crippen molar-refractivity contribution in [3.8, 4) is 0 Å². The van der Waals surface area contributed by atoms with E-state index in [9.17, 15) is 0 Å². The molecule has 0 saturated carbocycles. The van der Waals surface area contributed by atoms with E-state index < -0.39 is 0 Å². The van der Waals surface area contributed by atoms with Crippen LogP contribution in [-0.4, -0.2) is 36.7 Å². The first-order valence-corrected chi connectivity index (χ1v) is 8.90. The number of thiocarbonyl (C=S) groups is 1. The normalized spacial score (nSPS) is 11.5. The molecule has 0 amide bonds. The maximum absolute atomic E-state index is 5.40. The van der Waals surface area contributed by atoms with Gasteiger partial charge in [0.05, 0.1) is 5.71 Å². The predicted octanol–water partition coefficient (Wildman–Crippen LogP) is 2.09. The third-order valence-corrected chi connectivity index (χ3v) is 3.93. The van der Waals surface area contributed by atoms with Gasteiger partial charge in [0.1, 0.15) is 5.84 Å². The SMILES string of the molecule is CN=C(NC)c1ccc(NC(=S)Nc2cccc(/C(C)=N/N=C(N)N)c2)cc1. The van der Waals surface area contributed by atoms with Crippen LogP contribution in [0.15, 0.2) is 63.7 Å². The molecule has 0 unspecified atom stereocenters. The molecule has 0 aliphatic carbocycles. The van der Waals surface area contributed by atoms with E-state index in [4.69, 9.17) is 23.7 Å². The Kier molecular flexibility index (Phi) is 7.46. The van der Waals surface area contributed by atoms with Crippen LogP contribution in [0.1, 0.15) is 18.1 Å². The predicted molar refractivity (Wildman–Crippen MR) is 122 cm³/mol. The van der Waals surface area contributed by atoms with Gasteiger partial charge in [0.2, 0.25) is 5.96 Å². The molecule has 28 heavy (non-hydrogen) atoms. The van der Waals surface area contributed by atoms with Crippen molar-refractivity contribution in [2.24, 2.45) is 26.7 Å². The van der Waals surface area contributed by atoms with E-state index >= 15 is 0 Å². The van der Waals surface area contributed by atoms with Gasteiger partial charge < -0.3 is 27.4 Å². The minimum Gasteiger partial charge on any atom is -0.373 e. The molecule has 2 rings (SSSR count). The summed E-state index contributed by atoms with van der Waals surface area (Å²) in [5.41, 5.74) is 14.9. The summed E-state index contributed by atoms with van der Waals surface area (Å²) in [6.07, 6.45) is 0. The van der Waals surface area contributed by atoms with Crippen LogP contribution < -0.4 is 27.4 Å². The van der Waals surface area contributed by atoms with Gasteiger partial charge in [0, 0.05) is 31.0 Å². The lowest BCUT2D eigenvalue weighted by Gasteiger charge is -2.12. The Balaban J connectivity index is 2.04. The van der Waals surface area contributed by atoms with E-state index in [2.05, 4.69) is 31.1 Å². The molecule has 0 saturated heterocycles. The Hall–Kier alpha value is -3.46. The third kappa shape index (κ3) is 6.06. The average molecular weight is 397 g/mol. The lowest BCUT2D eigenvalue weighted by atomic mass is 10.1. The first-order valence-electron chi connectivity index (χ1n) is 8.49. The second-order valence-electron chi connectivity index (χ2n) is 5.77. The molecule has 2 aromatic rings. The highest BCUT2D eigenvalue weighted by Gasteiger charge is 2.04. The van der Waals surface area contributed by atoms with Crippen LogP contribution in [0.3, 0.4) is 0 Å². The summed E-state index contributed by atoms with van der Waals surface area (Å²) in [7, 11) is 3.58. The van der Waals surface area contributed by atoms with Gasteiger partial charge in [-0.1, -0.05) is 12.1 Å². The summed E-state index contributed by atoms with van der Waals surface area (Å²) < 4.78 is 0. The Labute approximate surface area is 169 Å². The highest BCUT2D eigenvalue weighted by molar-refractivity contribution is 7.80. The molecule has 9 heteroatoms. The molecule has 7 N–H and O–H groups in total. The second kappa shape index (κ2) is 10.0. The molecule has 8 nitrogen and oxygen atoms in total. The van der Waals surface area contributed by atoms with E-state index in [0.29, 0.717) is 10.8 Å². The van der Waals surface area contributed by atoms with Crippen LogP contribution in [0.4, 0.5) is 11.4 Å². The van der Waals surface area contributed by atoms with E-state index in [1.807, 2.05) is 62.5 Å². The quantitative estimate of drug-likeness (QED) is 0.228. The largest absolute Gasteiger partial charge is 0.373 e. The van der Waals surface area contributed by atoms with Gasteiger partial charge in [0.15, 0.2) is 5.11 Å². The molecule has 0 heterocycles. The Morgan fingerprint density at radius 3 is 2.21 bits per heavy atom. The number of nitrogens with zero attached hydrogens (tertiary/aromatic N) is 3. The fraction of sp³-hybridized carbons (Fsp3) is 0.158. The molecule has 0 atom stereocenters. The van der Waals surface area contributed by atoms with E-state index in [1.54, 1.807) is 7.05 Å². The number of hydrogen-bond donors (Lipinski definition) is 5. The van der Waals surface area contributed by atoms with Crippen molar-refractivity contribution >= 4 is 46.2 Å². The molecular weight excluding hydrogens is 372 g/mol. The number of anilines is 2. The molecule has 0 aliphatic heterocycles. The molecule has 0 fully saturated rings. The summed E-state index contributed by atoms with van der Waals surface area (Å²) >= 11 is 5.40. The third-order valence-electron chi connectivity index (χ3n) is 3.73. The molecule has 0 radical (unpaired) electrons. The Morgan fingerprint density at radius 1 is 0.929 bits per heavy atom. The molecule has 0 bridgehead atoms. The average Bonchev–Trinajstić information content (AvgIpc) is 2.68. The standard InChI is InChI=1S/C19H24N8S/c1-12(26-27-18(20)21)14-5-4-6-16(11-14)25-19(28)24-15-9-7-13(8-10-15)17(22-2)23-3/h4-11H,1-3H3,(H,22,23)(H4,20,21,27)(H2,24,25,28)/b26-12+. The maximum Gasteiger partial charge on any atom is 0.211 e. The summed E-state index contributed by atoms with van der Waals surface area (Å²) in [6, 6.07) is 15.4. The lowest BCUT2D eigenvalue weighted by Crippen LogP contribution is -2.22. The smallest absolute Gasteiger partial charge is 0.211 e. The summed E-state index contributed by atoms with van der Waals surface area (Å²) in [5.74, 6) is 0.735. The highest BCUT2D eigenvalue weighted by atomic mass is 32.1. The van der Waals surface area contributed by atoms with Crippen molar-refractivity contribution in [2.45, 2.75) is 6.92 Å². The van der Waals surface area contributed by atoms with Crippen LogP contribution in [-0.2, 0) is 0 Å². The Morgan fingerprint density at radius 2 is 1.61 bits per heavy atom. The van der Waals surface area contributed by atoms with Crippen molar-refractivity contribution in [3.05, 3.63) is 59.7 Å². The zero-order valence-electron chi connectivity index (χ0n) is 16.0. The molecule has 0 aromatic heterocycles. The number of nitrogens with one attached hydrogen (secondary N) is 3. The van der Waals surface area contributed by atoms with Gasteiger partial charge >= 0.3 is 0 Å². The van der Waals surface area contributed by atoms with Gasteiger partial charge in [-0.05, 0) is 61.1 Å². The fourth-order valence-electron chi connectivity index (χ4n) is 2.40. The number of rotatable bonds is 5. The van der Waals surface area contributed by atoms with Crippen molar-refractivity contribution < 1.29 is 0 Å². The van der Waals surface area contributed by atoms with Crippen LogP contribution in [0.5, 0.6) is 0 Å². The van der Waals surface area contributed by atoms with Gasteiger partial charge in [-0.25, -0.2) is 0 Å². The van der Waals surface area contributed by atoms with E-state index in [1.165, 1.54) is 0 Å². The fourth-order valence-corrected chi connectivity index (χ4v) is 2.64. The number of hydrogen-bond acceptors (Lipinski definition) is 4. The van der Waals surface area contributed by atoms with Crippen molar-refractivity contribution in [2.75, 3.05) is 24.7 Å². The van der Waals surface area contributed by atoms with Gasteiger partial charge in [0.25, 0.3) is 0 Å². The van der Waals surface area contributed by atoms with Gasteiger partial charge in [-0.2, -0.15) is 5.10 Å². The minimum absolute atomic E-state index is 0.0860. The highest BCUT2D eigenvalue weighted by Crippen LogP contribution is 2.14. The van der Waals surface area contributed by atoms with E-state index in [-0.39, 0.29) is 5.96 Å². The van der Waals surface area contributed by atoms with Crippen LogP contribution in [0, 0.1) is 0 Å². The number of aliphatic imine (C=N–C) groups is 1. The zero-order chi connectivity index (χ0) is 20.5. The number of guanidine groups is 1. The molecular formula is C19H24N8S. The molecule has 0 aliphatic rings. The van der Waals surface area contributed by atoms with E-state index in [0.717, 1.165) is 28.3 Å². The van der Waals surface area contributed by atoms with Gasteiger partial charge in [-0.3, -0.25) is 4.99 Å². The number of amidine groups is 1. The van der Waals surface area contributed by atoms with Crippen molar-refractivity contribution in [3.63, 3.8) is 0 Å². The van der Waals surface area contributed by atoms with Gasteiger partial charge in [-0.15, -0.1) is 5.10 Å². The number of nitrogens with two attached hydrogens (primary N) is 2.